The van der Waals surface area contributed by atoms with Crippen LogP contribution >= 0.6 is 0 Å². The van der Waals surface area contributed by atoms with Crippen molar-refractivity contribution >= 4 is 5.97 Å². The van der Waals surface area contributed by atoms with E-state index in [4.69, 9.17) is 5.11 Å². The number of aliphatic carboxylic acids is 1. The Morgan fingerprint density at radius 2 is 1.69 bits per heavy atom. The van der Waals surface area contributed by atoms with Crippen molar-refractivity contribution in [1.29, 1.82) is 0 Å². The van der Waals surface area contributed by atoms with Gasteiger partial charge in [0.2, 0.25) is 0 Å². The van der Waals surface area contributed by atoms with E-state index in [1.807, 2.05) is 20.8 Å². The molecule has 1 unspecified atom stereocenters. The summed E-state index contributed by atoms with van der Waals surface area (Å²) in [5.74, 6) is -0.0444. The third kappa shape index (κ3) is 4.30. The van der Waals surface area contributed by atoms with E-state index >= 15 is 0 Å². The van der Waals surface area contributed by atoms with E-state index < -0.39 is 11.4 Å². The van der Waals surface area contributed by atoms with E-state index in [1.54, 1.807) is 0 Å². The molecule has 3 heteroatoms. The minimum atomic E-state index is -0.675. The van der Waals surface area contributed by atoms with Crippen molar-refractivity contribution in [1.82, 2.24) is 0 Å². The Labute approximate surface area is 96.6 Å². The standard InChI is InChI=1S/C10H20O2.Ag/c1-7(2)6-10(5,8(3)4)9(11)12;/h7-8H,6H2,1-5H3,(H,11,12);. The monoisotopic (exact) mass is 279 g/mol. The van der Waals surface area contributed by atoms with Gasteiger partial charge in [-0.1, -0.05) is 27.7 Å². The van der Waals surface area contributed by atoms with Gasteiger partial charge >= 0.3 is 5.97 Å². The van der Waals surface area contributed by atoms with Crippen LogP contribution in [0.25, 0.3) is 0 Å². The zero-order valence-electron chi connectivity index (χ0n) is 9.02. The van der Waals surface area contributed by atoms with Crippen molar-refractivity contribution in [3.05, 3.63) is 0 Å². The van der Waals surface area contributed by atoms with Crippen LogP contribution in [0, 0.1) is 17.3 Å². The van der Waals surface area contributed by atoms with Crippen LogP contribution in [-0.4, -0.2) is 11.1 Å². The Morgan fingerprint density at radius 1 is 1.31 bits per heavy atom. The second-order valence-electron chi connectivity index (χ2n) is 4.48. The molecule has 1 radical (unpaired) electrons. The number of rotatable bonds is 4. The molecule has 83 valence electrons. The van der Waals surface area contributed by atoms with Gasteiger partial charge in [0.05, 0.1) is 5.41 Å². The first-order valence-electron chi connectivity index (χ1n) is 4.54. The predicted octanol–water partition coefficient (Wildman–Crippen LogP) is 2.78. The second-order valence-corrected chi connectivity index (χ2v) is 4.48. The molecular formula is C10H20AgO2. The zero-order chi connectivity index (χ0) is 9.94. The summed E-state index contributed by atoms with van der Waals surface area (Å²) in [4.78, 5) is 11.0. The molecule has 0 bridgehead atoms. The van der Waals surface area contributed by atoms with Crippen LogP contribution in [0.15, 0.2) is 0 Å². The Bertz CT molecular complexity index is 166. The molecule has 0 rings (SSSR count). The van der Waals surface area contributed by atoms with Crippen LogP contribution in [0.2, 0.25) is 0 Å². The number of hydrogen-bond acceptors (Lipinski definition) is 1. The second kappa shape index (κ2) is 5.84. The summed E-state index contributed by atoms with van der Waals surface area (Å²) in [7, 11) is 0. The Balaban J connectivity index is 0. The average molecular weight is 280 g/mol. The van der Waals surface area contributed by atoms with E-state index in [9.17, 15) is 4.79 Å². The Hall–Kier alpha value is 0.210. The van der Waals surface area contributed by atoms with Crippen LogP contribution in [-0.2, 0) is 27.2 Å². The van der Waals surface area contributed by atoms with Gasteiger partial charge < -0.3 is 5.11 Å². The summed E-state index contributed by atoms with van der Waals surface area (Å²) in [6, 6.07) is 0. The van der Waals surface area contributed by atoms with E-state index in [1.165, 1.54) is 0 Å². The molecule has 0 aliphatic carbocycles. The van der Waals surface area contributed by atoms with Gasteiger partial charge in [0.25, 0.3) is 0 Å². The third-order valence-corrected chi connectivity index (χ3v) is 2.60. The fourth-order valence-electron chi connectivity index (χ4n) is 1.42. The summed E-state index contributed by atoms with van der Waals surface area (Å²) >= 11 is 0. The van der Waals surface area contributed by atoms with Gasteiger partial charge in [-0.3, -0.25) is 4.79 Å². The molecule has 0 saturated carbocycles. The third-order valence-electron chi connectivity index (χ3n) is 2.60. The van der Waals surface area contributed by atoms with Gasteiger partial charge in [-0.2, -0.15) is 0 Å². The molecule has 2 nitrogen and oxygen atoms in total. The summed E-state index contributed by atoms with van der Waals surface area (Å²) in [6.45, 7) is 9.89. The molecule has 1 atom stereocenters. The molecule has 0 aromatic carbocycles. The van der Waals surface area contributed by atoms with E-state index in [0.29, 0.717) is 5.92 Å². The van der Waals surface area contributed by atoms with Crippen molar-refractivity contribution < 1.29 is 32.3 Å². The first-order valence-corrected chi connectivity index (χ1v) is 4.54. The van der Waals surface area contributed by atoms with Gasteiger partial charge in [0, 0.05) is 22.4 Å². The van der Waals surface area contributed by atoms with Crippen molar-refractivity contribution in [2.45, 2.75) is 41.0 Å². The minimum Gasteiger partial charge on any atom is -0.481 e. The molecule has 0 saturated heterocycles. The minimum absolute atomic E-state index is 0. The van der Waals surface area contributed by atoms with E-state index in [2.05, 4.69) is 13.8 Å². The van der Waals surface area contributed by atoms with Gasteiger partial charge in [0.1, 0.15) is 0 Å². The maximum atomic E-state index is 11.0. The number of hydrogen-bond donors (Lipinski definition) is 1. The normalized spacial score (nSPS) is 15.3. The summed E-state index contributed by atoms with van der Waals surface area (Å²) in [5.41, 5.74) is -0.561. The molecule has 0 amide bonds. The summed E-state index contributed by atoms with van der Waals surface area (Å²) in [6.07, 6.45) is 0.750. The molecule has 0 aliphatic heterocycles. The van der Waals surface area contributed by atoms with Crippen molar-refractivity contribution in [2.75, 3.05) is 0 Å². The largest absolute Gasteiger partial charge is 0.481 e. The fraction of sp³-hybridized carbons (Fsp3) is 0.900. The van der Waals surface area contributed by atoms with Crippen LogP contribution < -0.4 is 0 Å². The van der Waals surface area contributed by atoms with Crippen LogP contribution in [0.3, 0.4) is 0 Å². The quantitative estimate of drug-likeness (QED) is 0.804. The average Bonchev–Trinajstić information content (AvgIpc) is 1.84. The molecule has 0 aliphatic rings. The molecule has 0 fully saturated rings. The Kier molecular flexibility index (Phi) is 7.04. The molecule has 0 spiro atoms. The van der Waals surface area contributed by atoms with Gasteiger partial charge in [-0.15, -0.1) is 0 Å². The number of carboxylic acids is 1. The number of carbonyl (C=O) groups is 1. The maximum Gasteiger partial charge on any atom is 0.309 e. The number of carboxylic acid groups (broad SMARTS) is 1. The Morgan fingerprint density at radius 3 is 1.77 bits per heavy atom. The summed E-state index contributed by atoms with van der Waals surface area (Å²) < 4.78 is 0. The van der Waals surface area contributed by atoms with Crippen molar-refractivity contribution in [3.63, 3.8) is 0 Å². The molecule has 0 aromatic rings. The van der Waals surface area contributed by atoms with Crippen molar-refractivity contribution in [3.8, 4) is 0 Å². The topological polar surface area (TPSA) is 37.3 Å². The van der Waals surface area contributed by atoms with Gasteiger partial charge in [0.15, 0.2) is 0 Å². The molecular weight excluding hydrogens is 260 g/mol. The smallest absolute Gasteiger partial charge is 0.309 e. The van der Waals surface area contributed by atoms with Gasteiger partial charge in [-0.05, 0) is 25.2 Å². The first-order chi connectivity index (χ1) is 5.30. The molecule has 0 aromatic heterocycles. The SMILES string of the molecule is CC(C)CC(C)(C(=O)O)C(C)C.[Ag]. The molecule has 0 heterocycles. The zero-order valence-corrected chi connectivity index (χ0v) is 10.5. The summed E-state index contributed by atoms with van der Waals surface area (Å²) in [5, 5.41) is 9.05. The van der Waals surface area contributed by atoms with Crippen molar-refractivity contribution in [2.24, 2.45) is 17.3 Å². The fourth-order valence-corrected chi connectivity index (χ4v) is 1.42. The van der Waals surface area contributed by atoms with Crippen LogP contribution in [0.4, 0.5) is 0 Å². The molecule has 13 heavy (non-hydrogen) atoms. The van der Waals surface area contributed by atoms with E-state index in [0.717, 1.165) is 6.42 Å². The maximum absolute atomic E-state index is 11.0. The molecule has 1 N–H and O–H groups in total. The van der Waals surface area contributed by atoms with E-state index in [-0.39, 0.29) is 28.3 Å². The van der Waals surface area contributed by atoms with Gasteiger partial charge in [-0.25, -0.2) is 0 Å². The van der Waals surface area contributed by atoms with Crippen LogP contribution in [0.5, 0.6) is 0 Å². The predicted molar refractivity (Wildman–Crippen MR) is 50.0 cm³/mol. The first kappa shape index (κ1) is 15.7. The van der Waals surface area contributed by atoms with Crippen LogP contribution in [0.1, 0.15) is 41.0 Å².